The molecule has 0 atom stereocenters. The Labute approximate surface area is 218 Å². The van der Waals surface area contributed by atoms with Crippen molar-refractivity contribution in [1.29, 1.82) is 0 Å². The Morgan fingerprint density at radius 2 is 2.00 bits per heavy atom. The minimum Gasteiger partial charge on any atom is -0.369 e. The molecule has 1 aromatic heterocycles. The highest BCUT2D eigenvalue weighted by atomic mass is 19.1. The molecule has 9 nitrogen and oxygen atoms in total. The zero-order valence-corrected chi connectivity index (χ0v) is 22.0. The van der Waals surface area contributed by atoms with Crippen LogP contribution < -0.4 is 16.0 Å². The maximum Gasteiger partial charge on any atom is 0.246 e. The third-order valence-corrected chi connectivity index (χ3v) is 4.99. The minimum absolute atomic E-state index is 0.103. The van der Waals surface area contributed by atoms with Crippen molar-refractivity contribution >= 4 is 29.3 Å². The number of benzene rings is 1. The van der Waals surface area contributed by atoms with Crippen molar-refractivity contribution in [2.24, 2.45) is 0 Å². The summed E-state index contributed by atoms with van der Waals surface area (Å²) in [6.45, 7) is 4.22. The second-order valence-electron chi connectivity index (χ2n) is 8.59. The molecule has 1 heterocycles. The molecular formula is C27H36FN7O2. The van der Waals surface area contributed by atoms with E-state index in [0.717, 1.165) is 6.42 Å². The number of carbonyl (C=O) groups is 2. The molecule has 0 saturated heterocycles. The molecule has 1 aromatic carbocycles. The van der Waals surface area contributed by atoms with E-state index < -0.39 is 0 Å². The lowest BCUT2D eigenvalue weighted by Gasteiger charge is -2.15. The summed E-state index contributed by atoms with van der Waals surface area (Å²) in [6, 6.07) is 6.06. The molecule has 3 N–H and O–H groups in total. The fraction of sp³-hybridized carbons (Fsp3) is 0.407. The molecule has 2 amide bonds. The van der Waals surface area contributed by atoms with Gasteiger partial charge in [-0.1, -0.05) is 30.9 Å². The average Bonchev–Trinajstić information content (AvgIpc) is 2.85. The Balaban J connectivity index is 1.84. The van der Waals surface area contributed by atoms with Crippen molar-refractivity contribution in [1.82, 2.24) is 25.1 Å². The monoisotopic (exact) mass is 509 g/mol. The number of carbonyl (C=O) groups excluding carboxylic acids is 2. The molecule has 0 bridgehead atoms. The molecule has 0 saturated carbocycles. The lowest BCUT2D eigenvalue weighted by atomic mass is 10.2. The Kier molecular flexibility index (Phi) is 12.6. The van der Waals surface area contributed by atoms with E-state index in [-0.39, 0.29) is 24.1 Å². The minimum atomic E-state index is -0.353. The van der Waals surface area contributed by atoms with E-state index in [0.29, 0.717) is 55.6 Å². The third kappa shape index (κ3) is 11.5. The summed E-state index contributed by atoms with van der Waals surface area (Å²) >= 11 is 0. The van der Waals surface area contributed by atoms with Gasteiger partial charge in [-0.25, -0.2) is 9.37 Å². The molecule has 0 aliphatic rings. The molecule has 0 unspecified atom stereocenters. The number of halogens is 1. The summed E-state index contributed by atoms with van der Waals surface area (Å²) in [5.74, 6) is 6.33. The summed E-state index contributed by atoms with van der Waals surface area (Å²) in [5.41, 5.74) is 1.16. The van der Waals surface area contributed by atoms with Gasteiger partial charge in [0, 0.05) is 57.8 Å². The van der Waals surface area contributed by atoms with Crippen LogP contribution in [0.5, 0.6) is 0 Å². The van der Waals surface area contributed by atoms with Gasteiger partial charge in [-0.3, -0.25) is 9.59 Å². The van der Waals surface area contributed by atoms with E-state index in [9.17, 15) is 14.0 Å². The number of rotatable bonds is 13. The summed E-state index contributed by atoms with van der Waals surface area (Å²) in [5, 5.41) is 9.03. The largest absolute Gasteiger partial charge is 0.369 e. The van der Waals surface area contributed by atoms with Crippen LogP contribution in [0.2, 0.25) is 0 Å². The van der Waals surface area contributed by atoms with Gasteiger partial charge in [0.25, 0.3) is 0 Å². The highest BCUT2D eigenvalue weighted by molar-refractivity contribution is 5.87. The number of hydrogen-bond donors (Lipinski definition) is 3. The number of nitrogens with zero attached hydrogens (tertiary/aromatic N) is 4. The van der Waals surface area contributed by atoms with Gasteiger partial charge in [-0.15, -0.1) is 0 Å². The van der Waals surface area contributed by atoms with E-state index in [4.69, 9.17) is 0 Å². The number of likely N-dealkylation sites (N-methyl/N-ethyl adjacent to an activating group) is 2. The Bertz CT molecular complexity index is 1130. The summed E-state index contributed by atoms with van der Waals surface area (Å²) in [4.78, 5) is 36.4. The highest BCUT2D eigenvalue weighted by Crippen LogP contribution is 2.18. The van der Waals surface area contributed by atoms with Crippen LogP contribution in [0.4, 0.5) is 21.8 Å². The van der Waals surface area contributed by atoms with E-state index in [1.54, 1.807) is 36.4 Å². The number of nitrogens with one attached hydrogen (secondary N) is 3. The van der Waals surface area contributed by atoms with Crippen molar-refractivity contribution in [3.8, 4) is 11.8 Å². The van der Waals surface area contributed by atoms with Gasteiger partial charge in [-0.2, -0.15) is 4.98 Å². The summed E-state index contributed by atoms with van der Waals surface area (Å²) < 4.78 is 13.4. The van der Waals surface area contributed by atoms with Gasteiger partial charge in [0.1, 0.15) is 11.6 Å². The van der Waals surface area contributed by atoms with Crippen molar-refractivity contribution in [2.45, 2.75) is 26.2 Å². The predicted molar refractivity (Wildman–Crippen MR) is 145 cm³/mol. The maximum atomic E-state index is 13.4. The second kappa shape index (κ2) is 15.9. The summed E-state index contributed by atoms with van der Waals surface area (Å²) in [7, 11) is 5.56. The van der Waals surface area contributed by atoms with E-state index in [1.807, 2.05) is 25.9 Å². The Hall–Kier alpha value is -3.97. The molecule has 198 valence electrons. The van der Waals surface area contributed by atoms with Crippen LogP contribution in [0, 0.1) is 17.7 Å². The van der Waals surface area contributed by atoms with Crippen molar-refractivity contribution < 1.29 is 14.0 Å². The Morgan fingerprint density at radius 1 is 1.19 bits per heavy atom. The van der Waals surface area contributed by atoms with E-state index in [2.05, 4.69) is 37.8 Å². The summed E-state index contributed by atoms with van der Waals surface area (Å²) in [6.07, 6.45) is 6.44. The molecule has 2 aromatic rings. The second-order valence-corrected chi connectivity index (χ2v) is 8.59. The van der Waals surface area contributed by atoms with Crippen LogP contribution in [0.1, 0.15) is 31.7 Å². The average molecular weight is 510 g/mol. The van der Waals surface area contributed by atoms with E-state index >= 15 is 0 Å². The molecule has 10 heteroatoms. The lowest BCUT2D eigenvalue weighted by Crippen LogP contribution is -2.35. The van der Waals surface area contributed by atoms with Gasteiger partial charge in [0.05, 0.1) is 11.8 Å². The first-order valence-corrected chi connectivity index (χ1v) is 12.2. The number of aromatic nitrogens is 2. The highest BCUT2D eigenvalue weighted by Gasteiger charge is 2.08. The zero-order valence-electron chi connectivity index (χ0n) is 22.0. The topological polar surface area (TPSA) is 102 Å². The predicted octanol–water partition coefficient (Wildman–Crippen LogP) is 3.01. The van der Waals surface area contributed by atoms with Crippen molar-refractivity contribution in [3.05, 3.63) is 54.0 Å². The third-order valence-electron chi connectivity index (χ3n) is 4.99. The fourth-order valence-electron chi connectivity index (χ4n) is 2.99. The zero-order chi connectivity index (χ0) is 27.0. The first kappa shape index (κ1) is 29.3. The van der Waals surface area contributed by atoms with Crippen LogP contribution in [0.15, 0.2) is 42.6 Å². The molecule has 2 rings (SSSR count). The number of anilines is 3. The quantitative estimate of drug-likeness (QED) is 0.282. The Morgan fingerprint density at radius 3 is 2.73 bits per heavy atom. The normalized spacial score (nSPS) is 10.6. The number of amides is 2. The smallest absolute Gasteiger partial charge is 0.246 e. The van der Waals surface area contributed by atoms with Crippen LogP contribution in [-0.4, -0.2) is 78.9 Å². The van der Waals surface area contributed by atoms with Gasteiger partial charge >= 0.3 is 0 Å². The molecule has 0 fully saturated rings. The molecule has 0 aliphatic heterocycles. The van der Waals surface area contributed by atoms with Crippen LogP contribution >= 0.6 is 0 Å². The molecule has 0 aliphatic carbocycles. The standard InChI is InChI=1S/C27H36FN7O2/c1-5-15-30-26-21(20-31-27(33-26)32-23-12-8-11-22(28)19-23)10-6-7-13-24(36)29-16-18-35(4)25(37)14-9-17-34(2)3/h8-9,11-12,14,19-20H,5,7,13,15-18H2,1-4H3,(H,29,36)(H2,30,31,32,33)/b14-9+. The fourth-order valence-corrected chi connectivity index (χ4v) is 2.99. The maximum absolute atomic E-state index is 13.4. The van der Waals surface area contributed by atoms with Crippen LogP contribution in [0.3, 0.4) is 0 Å². The molecule has 0 spiro atoms. The first-order chi connectivity index (χ1) is 17.8. The molecular weight excluding hydrogens is 473 g/mol. The SMILES string of the molecule is CCCNc1nc(Nc2cccc(F)c2)ncc1C#CCCC(=O)NCCN(C)C(=O)/C=C/CN(C)C. The van der Waals surface area contributed by atoms with Crippen molar-refractivity contribution in [2.75, 3.05) is 58.0 Å². The number of hydrogen-bond acceptors (Lipinski definition) is 7. The molecule has 37 heavy (non-hydrogen) atoms. The van der Waals surface area contributed by atoms with Crippen LogP contribution in [0.25, 0.3) is 0 Å². The lowest BCUT2D eigenvalue weighted by molar-refractivity contribution is -0.125. The van der Waals surface area contributed by atoms with Crippen molar-refractivity contribution in [3.63, 3.8) is 0 Å². The van der Waals surface area contributed by atoms with Crippen LogP contribution in [-0.2, 0) is 9.59 Å². The first-order valence-electron chi connectivity index (χ1n) is 12.2. The van der Waals surface area contributed by atoms with Gasteiger partial charge < -0.3 is 25.8 Å². The van der Waals surface area contributed by atoms with Gasteiger partial charge in [0.15, 0.2) is 0 Å². The van der Waals surface area contributed by atoms with E-state index in [1.165, 1.54) is 18.2 Å². The van der Waals surface area contributed by atoms with Gasteiger partial charge in [0.2, 0.25) is 17.8 Å². The van der Waals surface area contributed by atoms with Gasteiger partial charge in [-0.05, 0) is 38.7 Å². The molecule has 0 radical (unpaired) electrons.